The molecule has 2 fully saturated rings. The van der Waals surface area contributed by atoms with Crippen molar-refractivity contribution in [2.24, 2.45) is 0 Å². The van der Waals surface area contributed by atoms with Crippen LogP contribution in [0.3, 0.4) is 0 Å². The van der Waals surface area contributed by atoms with Gasteiger partial charge in [-0.25, -0.2) is 18.2 Å². The zero-order valence-corrected chi connectivity index (χ0v) is 14.2. The highest BCUT2D eigenvalue weighted by Crippen LogP contribution is 2.34. The molecule has 2 saturated heterocycles. The molecule has 2 amide bonds. The maximum absolute atomic E-state index is 12.2. The first kappa shape index (κ1) is 14.9. The number of carbonyl (C=O) groups excluding carboxylic acids is 1. The van der Waals surface area contributed by atoms with E-state index in [0.717, 1.165) is 11.3 Å². The van der Waals surface area contributed by atoms with Crippen molar-refractivity contribution >= 4 is 43.9 Å². The number of anilines is 1. The number of thiazole rings is 1. The third kappa shape index (κ3) is 2.60. The number of nitrogens with zero attached hydrogens (tertiary/aromatic N) is 2. The molecule has 2 atom stereocenters. The minimum atomic E-state index is -3.11. The number of rotatable bonds is 2. The van der Waals surface area contributed by atoms with Gasteiger partial charge in [0.2, 0.25) is 0 Å². The Hall–Kier alpha value is -1.64. The van der Waals surface area contributed by atoms with Gasteiger partial charge in [-0.15, -0.1) is 11.3 Å². The van der Waals surface area contributed by atoms with Crippen LogP contribution in [0.5, 0.6) is 0 Å². The number of hydrogen-bond acceptors (Lipinski definition) is 5. The second kappa shape index (κ2) is 5.19. The fraction of sp³-hybridized carbons (Fsp3) is 0.286. The zero-order valence-electron chi connectivity index (χ0n) is 11.8. The standard InChI is InChI=1S/C14H12ClN3O3S2/c15-9-3-1-8(2-4-9)10-5-22-14(17-10)18-12-7-23(20,21)6-11(12)16-13(18)19/h1-5,11-12H,6-7H2,(H,16,19)/t11-,12-/m0/s1. The molecule has 0 radical (unpaired) electrons. The number of aromatic nitrogens is 1. The van der Waals surface area contributed by atoms with Crippen LogP contribution in [-0.2, 0) is 9.84 Å². The molecule has 9 heteroatoms. The summed E-state index contributed by atoms with van der Waals surface area (Å²) in [6, 6.07) is 6.25. The van der Waals surface area contributed by atoms with E-state index in [9.17, 15) is 13.2 Å². The molecule has 0 bridgehead atoms. The Labute approximate surface area is 142 Å². The molecule has 0 aliphatic carbocycles. The van der Waals surface area contributed by atoms with Crippen LogP contribution in [0.4, 0.5) is 9.93 Å². The molecule has 120 valence electrons. The number of halogens is 1. The first-order valence-electron chi connectivity index (χ1n) is 6.94. The Bertz CT molecular complexity index is 879. The Morgan fingerprint density at radius 1 is 1.26 bits per heavy atom. The number of carbonyl (C=O) groups is 1. The van der Waals surface area contributed by atoms with Crippen LogP contribution >= 0.6 is 22.9 Å². The van der Waals surface area contributed by atoms with E-state index in [-0.39, 0.29) is 29.6 Å². The van der Waals surface area contributed by atoms with Gasteiger partial charge in [0.05, 0.1) is 29.3 Å². The second-order valence-corrected chi connectivity index (χ2v) is 9.02. The number of amides is 2. The molecule has 3 heterocycles. The average Bonchev–Trinajstić information content (AvgIpc) is 3.12. The number of sulfone groups is 1. The second-order valence-electron chi connectivity index (χ2n) is 5.59. The van der Waals surface area contributed by atoms with E-state index in [2.05, 4.69) is 10.3 Å². The van der Waals surface area contributed by atoms with Gasteiger partial charge in [0.15, 0.2) is 15.0 Å². The number of nitrogens with one attached hydrogen (secondary N) is 1. The van der Waals surface area contributed by atoms with E-state index in [1.54, 1.807) is 12.1 Å². The van der Waals surface area contributed by atoms with Crippen LogP contribution in [0.1, 0.15) is 0 Å². The molecule has 0 saturated carbocycles. The molecule has 0 unspecified atom stereocenters. The highest BCUT2D eigenvalue weighted by Gasteiger charge is 2.50. The maximum atomic E-state index is 12.2. The largest absolute Gasteiger partial charge is 0.332 e. The van der Waals surface area contributed by atoms with Gasteiger partial charge >= 0.3 is 6.03 Å². The maximum Gasteiger partial charge on any atom is 0.324 e. The van der Waals surface area contributed by atoms with E-state index < -0.39 is 9.84 Å². The quantitative estimate of drug-likeness (QED) is 0.823. The van der Waals surface area contributed by atoms with E-state index in [4.69, 9.17) is 11.6 Å². The van der Waals surface area contributed by atoms with Crippen LogP contribution in [0, 0.1) is 0 Å². The average molecular weight is 370 g/mol. The topological polar surface area (TPSA) is 79.4 Å². The Morgan fingerprint density at radius 3 is 2.74 bits per heavy atom. The smallest absolute Gasteiger partial charge is 0.324 e. The highest BCUT2D eigenvalue weighted by molar-refractivity contribution is 7.91. The molecule has 4 rings (SSSR count). The van der Waals surface area contributed by atoms with Gasteiger partial charge in [-0.05, 0) is 12.1 Å². The lowest BCUT2D eigenvalue weighted by Crippen LogP contribution is -2.36. The summed E-state index contributed by atoms with van der Waals surface area (Å²) >= 11 is 7.20. The summed E-state index contributed by atoms with van der Waals surface area (Å²) < 4.78 is 23.6. The molecular weight excluding hydrogens is 358 g/mol. The van der Waals surface area contributed by atoms with Crippen LogP contribution in [0.25, 0.3) is 11.3 Å². The van der Waals surface area contributed by atoms with E-state index >= 15 is 0 Å². The molecule has 2 aromatic rings. The Kier molecular flexibility index (Phi) is 3.36. The molecule has 6 nitrogen and oxygen atoms in total. The third-order valence-corrected chi connectivity index (χ3v) is 6.83. The molecule has 2 aliphatic rings. The Morgan fingerprint density at radius 2 is 2.00 bits per heavy atom. The summed E-state index contributed by atoms with van der Waals surface area (Å²) in [7, 11) is -3.11. The van der Waals surface area contributed by atoms with Crippen molar-refractivity contribution < 1.29 is 13.2 Å². The molecular formula is C14H12ClN3O3S2. The van der Waals surface area contributed by atoms with E-state index in [0.29, 0.717) is 10.2 Å². The lowest BCUT2D eigenvalue weighted by Gasteiger charge is -2.17. The first-order chi connectivity index (χ1) is 10.9. The van der Waals surface area contributed by atoms with Crippen molar-refractivity contribution in [2.75, 3.05) is 16.4 Å². The van der Waals surface area contributed by atoms with Crippen LogP contribution in [0.2, 0.25) is 5.02 Å². The van der Waals surface area contributed by atoms with Crippen molar-refractivity contribution in [3.05, 3.63) is 34.7 Å². The Balaban J connectivity index is 1.66. The molecule has 23 heavy (non-hydrogen) atoms. The summed E-state index contributed by atoms with van der Waals surface area (Å²) in [5.41, 5.74) is 1.63. The fourth-order valence-electron chi connectivity index (χ4n) is 2.96. The van der Waals surface area contributed by atoms with Gasteiger partial charge in [0.25, 0.3) is 0 Å². The van der Waals surface area contributed by atoms with E-state index in [1.807, 2.05) is 17.5 Å². The number of benzene rings is 1. The highest BCUT2D eigenvalue weighted by atomic mass is 35.5. The predicted octanol–water partition coefficient (Wildman–Crippen LogP) is 2.16. The van der Waals surface area contributed by atoms with Crippen molar-refractivity contribution in [3.8, 4) is 11.3 Å². The minimum absolute atomic E-state index is 0.00464. The summed E-state index contributed by atoms with van der Waals surface area (Å²) in [4.78, 5) is 18.1. The molecule has 2 aliphatic heterocycles. The van der Waals surface area contributed by atoms with Crippen molar-refractivity contribution in [3.63, 3.8) is 0 Å². The van der Waals surface area contributed by atoms with Crippen molar-refractivity contribution in [2.45, 2.75) is 12.1 Å². The van der Waals surface area contributed by atoms with Crippen LogP contribution in [-0.4, -0.2) is 43.0 Å². The normalized spacial score (nSPS) is 25.4. The molecule has 1 aromatic carbocycles. The van der Waals surface area contributed by atoms with Crippen LogP contribution in [0.15, 0.2) is 29.6 Å². The SMILES string of the molecule is O=C1N[C@H]2CS(=O)(=O)C[C@@H]2N1c1nc(-c2ccc(Cl)cc2)cs1. The van der Waals surface area contributed by atoms with Gasteiger partial charge in [0, 0.05) is 16.0 Å². The summed E-state index contributed by atoms with van der Waals surface area (Å²) in [6.45, 7) is 0. The summed E-state index contributed by atoms with van der Waals surface area (Å²) in [5, 5.41) is 5.74. The monoisotopic (exact) mass is 369 g/mol. The number of urea groups is 1. The third-order valence-electron chi connectivity index (χ3n) is 4.02. The van der Waals surface area contributed by atoms with Crippen molar-refractivity contribution in [1.82, 2.24) is 10.3 Å². The molecule has 1 aromatic heterocycles. The predicted molar refractivity (Wildman–Crippen MR) is 89.8 cm³/mol. The van der Waals surface area contributed by atoms with E-state index in [1.165, 1.54) is 16.2 Å². The number of fused-ring (bicyclic) bond motifs is 1. The minimum Gasteiger partial charge on any atom is -0.332 e. The van der Waals surface area contributed by atoms with Gasteiger partial charge < -0.3 is 5.32 Å². The number of hydrogen-bond donors (Lipinski definition) is 1. The van der Waals surface area contributed by atoms with Gasteiger partial charge in [-0.3, -0.25) is 4.90 Å². The zero-order chi connectivity index (χ0) is 16.2. The van der Waals surface area contributed by atoms with Crippen molar-refractivity contribution in [1.29, 1.82) is 0 Å². The summed E-state index contributed by atoms with van der Waals surface area (Å²) in [5.74, 6) is -0.0262. The molecule has 0 spiro atoms. The van der Waals surface area contributed by atoms with Gasteiger partial charge in [-0.1, -0.05) is 23.7 Å². The first-order valence-corrected chi connectivity index (χ1v) is 10.0. The molecule has 1 N–H and O–H groups in total. The lowest BCUT2D eigenvalue weighted by molar-refractivity contribution is 0.251. The van der Waals surface area contributed by atoms with Gasteiger partial charge in [-0.2, -0.15) is 0 Å². The summed E-state index contributed by atoms with van der Waals surface area (Å²) in [6.07, 6.45) is 0. The lowest BCUT2D eigenvalue weighted by atomic mass is 10.2. The van der Waals surface area contributed by atoms with Gasteiger partial charge in [0.1, 0.15) is 0 Å². The fourth-order valence-corrected chi connectivity index (χ4v) is 5.86. The van der Waals surface area contributed by atoms with Crippen LogP contribution < -0.4 is 10.2 Å².